The number of pyridine rings is 1. The van der Waals surface area contributed by atoms with Crippen LogP contribution >= 0.6 is 0 Å². The van der Waals surface area contributed by atoms with E-state index >= 15 is 0 Å². The van der Waals surface area contributed by atoms with Crippen molar-refractivity contribution in [3.63, 3.8) is 0 Å². The van der Waals surface area contributed by atoms with E-state index in [0.29, 0.717) is 23.8 Å². The fourth-order valence-electron chi connectivity index (χ4n) is 4.16. The molecule has 2 heterocycles. The molecule has 0 saturated carbocycles. The lowest BCUT2D eigenvalue weighted by Crippen LogP contribution is -2.53. The Morgan fingerprint density at radius 2 is 1.83 bits per heavy atom. The Morgan fingerprint density at radius 1 is 1.14 bits per heavy atom. The molecule has 0 aliphatic carbocycles. The van der Waals surface area contributed by atoms with Gasteiger partial charge in [0.15, 0.2) is 0 Å². The molecule has 0 unspecified atom stereocenters. The average molecular weight is 497 g/mol. The number of carbonyl (C=O) groups is 3. The van der Waals surface area contributed by atoms with Crippen molar-refractivity contribution in [1.29, 1.82) is 0 Å². The Labute approximate surface area is 211 Å². The van der Waals surface area contributed by atoms with Gasteiger partial charge in [0.1, 0.15) is 6.54 Å². The van der Waals surface area contributed by atoms with Crippen LogP contribution in [-0.4, -0.2) is 52.5 Å². The van der Waals surface area contributed by atoms with Gasteiger partial charge >= 0.3 is 12.0 Å². The number of hydrogen-bond donors (Lipinski definition) is 3. The molecule has 1 aliphatic heterocycles. The van der Waals surface area contributed by atoms with Crippen LogP contribution in [0.25, 0.3) is 11.1 Å². The molecule has 10 heteroatoms. The zero-order valence-electron chi connectivity index (χ0n) is 21.5. The predicted octanol–water partition coefficient (Wildman–Crippen LogP) is 2.72. The highest BCUT2D eigenvalue weighted by Gasteiger charge is 2.30. The number of aryl methyl sites for hydroxylation is 1. The molecule has 1 aromatic carbocycles. The van der Waals surface area contributed by atoms with Crippen molar-refractivity contribution in [3.05, 3.63) is 46.8 Å². The van der Waals surface area contributed by atoms with Crippen molar-refractivity contribution in [2.75, 3.05) is 25.0 Å². The van der Waals surface area contributed by atoms with E-state index in [4.69, 9.17) is 21.3 Å². The largest absolute Gasteiger partial charge is 0.338 e. The molecule has 10 nitrogen and oxygen atoms in total. The third-order valence-electron chi connectivity index (χ3n) is 6.05. The van der Waals surface area contributed by atoms with E-state index in [0.717, 1.165) is 39.4 Å². The number of amides is 3. The van der Waals surface area contributed by atoms with E-state index in [-0.39, 0.29) is 32.6 Å². The second kappa shape index (κ2) is 12.0. The van der Waals surface area contributed by atoms with Crippen molar-refractivity contribution in [3.8, 4) is 11.1 Å². The second-order valence-corrected chi connectivity index (χ2v) is 9.24. The number of hydroxylamine groups is 2. The number of aromatic nitrogens is 1. The highest BCUT2D eigenvalue weighted by Crippen LogP contribution is 2.36. The monoisotopic (exact) mass is 496 g/mol. The first-order chi connectivity index (χ1) is 17.2. The molecular formula is C26H36N6O4. The molecule has 3 amide bonds. The highest BCUT2D eigenvalue weighted by atomic mass is 16.7. The summed E-state index contributed by atoms with van der Waals surface area (Å²) in [6.07, 6.45) is 0.911. The highest BCUT2D eigenvalue weighted by molar-refractivity contribution is 5.98. The molecular weight excluding hydrogens is 460 g/mol. The van der Waals surface area contributed by atoms with E-state index < -0.39 is 17.9 Å². The van der Waals surface area contributed by atoms with Gasteiger partial charge in [0.2, 0.25) is 0 Å². The summed E-state index contributed by atoms with van der Waals surface area (Å²) in [6.45, 7) is 8.54. The molecule has 194 valence electrons. The molecule has 5 N–H and O–H groups in total. The summed E-state index contributed by atoms with van der Waals surface area (Å²) in [5, 5.41) is 4.00. The number of anilines is 1. The number of nitrogens with zero attached hydrogens (tertiary/aromatic N) is 3. The van der Waals surface area contributed by atoms with Crippen LogP contribution in [0.4, 0.5) is 10.5 Å². The van der Waals surface area contributed by atoms with Crippen LogP contribution in [0.1, 0.15) is 49.7 Å². The topological polar surface area (TPSA) is 144 Å². The number of hydrogen-bond acceptors (Lipinski definition) is 7. The van der Waals surface area contributed by atoms with Gasteiger partial charge in [0, 0.05) is 37.3 Å². The van der Waals surface area contributed by atoms with Crippen LogP contribution in [0, 0.1) is 12.8 Å². The summed E-state index contributed by atoms with van der Waals surface area (Å²) >= 11 is 0. The Kier molecular flexibility index (Phi) is 9.00. The van der Waals surface area contributed by atoms with Crippen molar-refractivity contribution in [1.82, 2.24) is 14.9 Å². The van der Waals surface area contributed by atoms with Crippen LogP contribution < -0.4 is 16.8 Å². The number of piperazine rings is 1. The molecule has 2 aromatic rings. The minimum absolute atomic E-state index is 0.101. The first kappa shape index (κ1) is 27.1. The van der Waals surface area contributed by atoms with Crippen molar-refractivity contribution in [2.24, 2.45) is 17.4 Å². The van der Waals surface area contributed by atoms with Crippen molar-refractivity contribution < 1.29 is 19.2 Å². The van der Waals surface area contributed by atoms with Crippen LogP contribution in [0.2, 0.25) is 0 Å². The zero-order valence-corrected chi connectivity index (χ0v) is 21.5. The van der Waals surface area contributed by atoms with E-state index in [1.807, 2.05) is 31.2 Å². The number of urea groups is 1. The molecule has 0 atom stereocenters. The quantitative estimate of drug-likeness (QED) is 0.510. The fraction of sp³-hybridized carbons (Fsp3) is 0.462. The Balaban J connectivity index is 1.95. The van der Waals surface area contributed by atoms with E-state index in [1.165, 1.54) is 4.90 Å². The van der Waals surface area contributed by atoms with E-state index in [2.05, 4.69) is 19.2 Å². The van der Waals surface area contributed by atoms with E-state index in [1.54, 1.807) is 6.92 Å². The summed E-state index contributed by atoms with van der Waals surface area (Å²) in [5.74, 6) is -0.580. The molecule has 1 fully saturated rings. The number of nitrogens with two attached hydrogens (primary N) is 2. The number of benzene rings is 1. The molecule has 0 radical (unpaired) electrons. The number of carbonyl (C=O) groups excluding carboxylic acids is 3. The van der Waals surface area contributed by atoms with Crippen molar-refractivity contribution >= 4 is 23.6 Å². The van der Waals surface area contributed by atoms with Gasteiger partial charge in [-0.15, -0.1) is 0 Å². The van der Waals surface area contributed by atoms with Gasteiger partial charge < -0.3 is 26.5 Å². The van der Waals surface area contributed by atoms with E-state index in [9.17, 15) is 14.4 Å². The van der Waals surface area contributed by atoms with Gasteiger partial charge in [-0.25, -0.2) is 9.59 Å². The Morgan fingerprint density at radius 3 is 2.39 bits per heavy atom. The summed E-state index contributed by atoms with van der Waals surface area (Å²) in [4.78, 5) is 48.5. The normalized spacial score (nSPS) is 13.8. The smallest absolute Gasteiger partial charge is 0.332 e. The van der Waals surface area contributed by atoms with Crippen LogP contribution in [0.5, 0.6) is 0 Å². The second-order valence-electron chi connectivity index (χ2n) is 9.24. The fourth-order valence-corrected chi connectivity index (χ4v) is 4.16. The Bertz CT molecular complexity index is 1120. The van der Waals surface area contributed by atoms with Crippen LogP contribution in [0.15, 0.2) is 24.3 Å². The average Bonchev–Trinajstić information content (AvgIpc) is 2.86. The molecule has 3 rings (SSSR count). The van der Waals surface area contributed by atoms with Gasteiger partial charge in [-0.2, -0.15) is 5.06 Å². The lowest BCUT2D eigenvalue weighted by Gasteiger charge is -2.33. The molecule has 0 spiro atoms. The van der Waals surface area contributed by atoms with Crippen LogP contribution in [-0.2, 0) is 33.9 Å². The molecule has 36 heavy (non-hydrogen) atoms. The molecule has 1 saturated heterocycles. The summed E-state index contributed by atoms with van der Waals surface area (Å²) in [6, 6.07) is 7.41. The standard InChI is InChI=1S/C26H36N6O4/c1-5-23(34)36-32-11-10-31(15-22(32)33)26(35)30-25-17(4)29-21(12-16(2)3)20(14-28)24(25)19-8-6-18(13-27)7-9-19/h6-9,16H,5,10-15,27-28H2,1-4H3,(H,30,35). The minimum Gasteiger partial charge on any atom is -0.338 e. The Hall–Kier alpha value is -3.50. The summed E-state index contributed by atoms with van der Waals surface area (Å²) in [5.41, 5.74) is 17.7. The molecule has 1 aliphatic rings. The van der Waals surface area contributed by atoms with Gasteiger partial charge in [-0.1, -0.05) is 45.0 Å². The number of nitrogens with one attached hydrogen (secondary N) is 1. The lowest BCUT2D eigenvalue weighted by molar-refractivity contribution is -0.202. The first-order valence-electron chi connectivity index (χ1n) is 12.3. The molecule has 1 aromatic heterocycles. The summed E-state index contributed by atoms with van der Waals surface area (Å²) < 4.78 is 0. The first-order valence-corrected chi connectivity index (χ1v) is 12.3. The summed E-state index contributed by atoms with van der Waals surface area (Å²) in [7, 11) is 0. The SMILES string of the molecule is CCC(=O)ON1CCN(C(=O)Nc2c(C)nc(CC(C)C)c(CN)c2-c2ccc(CN)cc2)CC1=O. The van der Waals surface area contributed by atoms with Gasteiger partial charge in [0.25, 0.3) is 5.91 Å². The molecule has 0 bridgehead atoms. The third kappa shape index (κ3) is 6.19. The maximum absolute atomic E-state index is 13.3. The maximum Gasteiger partial charge on any atom is 0.332 e. The van der Waals surface area contributed by atoms with Crippen LogP contribution in [0.3, 0.4) is 0 Å². The third-order valence-corrected chi connectivity index (χ3v) is 6.05. The predicted molar refractivity (Wildman–Crippen MR) is 137 cm³/mol. The minimum atomic E-state index is -0.496. The number of rotatable bonds is 8. The zero-order chi connectivity index (χ0) is 26.4. The van der Waals surface area contributed by atoms with Crippen molar-refractivity contribution in [2.45, 2.75) is 53.6 Å². The van der Waals surface area contributed by atoms with Gasteiger partial charge in [-0.3, -0.25) is 9.78 Å². The van der Waals surface area contributed by atoms with Gasteiger partial charge in [0.05, 0.1) is 17.9 Å². The lowest BCUT2D eigenvalue weighted by atomic mass is 9.92. The maximum atomic E-state index is 13.3. The van der Waals surface area contributed by atoms with Gasteiger partial charge in [-0.05, 0) is 36.0 Å².